The maximum atomic E-state index is 10.5. The van der Waals surface area contributed by atoms with Crippen LogP contribution in [0.25, 0.3) is 0 Å². The quantitative estimate of drug-likeness (QED) is 0.531. The molecule has 2 rings (SSSR count). The van der Waals surface area contributed by atoms with E-state index in [2.05, 4.69) is 6.08 Å². The van der Waals surface area contributed by atoms with Crippen LogP contribution in [0.3, 0.4) is 0 Å². The first kappa shape index (κ1) is 11.8. The fraction of sp³-hybridized carbons (Fsp3) is 0.769. The van der Waals surface area contributed by atoms with Gasteiger partial charge in [-0.05, 0) is 43.6 Å². The summed E-state index contributed by atoms with van der Waals surface area (Å²) in [5.41, 5.74) is 1.29. The molecule has 0 saturated carbocycles. The van der Waals surface area contributed by atoms with Crippen LogP contribution in [-0.2, 0) is 14.3 Å². The van der Waals surface area contributed by atoms with Crippen LogP contribution in [0.15, 0.2) is 11.6 Å². The first-order valence-electron chi connectivity index (χ1n) is 6.26. The van der Waals surface area contributed by atoms with Crippen molar-refractivity contribution in [2.75, 3.05) is 13.2 Å². The number of hydrogen-bond donors (Lipinski definition) is 0. The van der Waals surface area contributed by atoms with Crippen LogP contribution in [0.5, 0.6) is 0 Å². The molecule has 1 aliphatic carbocycles. The molecule has 2 aliphatic rings. The zero-order chi connectivity index (χ0) is 11.2. The van der Waals surface area contributed by atoms with E-state index in [4.69, 9.17) is 9.47 Å². The molecule has 0 aromatic heterocycles. The number of carbonyl (C=O) groups excluding carboxylic acids is 1. The summed E-state index contributed by atoms with van der Waals surface area (Å²) in [6.07, 6.45) is 9.39. The molecule has 0 aromatic rings. The third-order valence-corrected chi connectivity index (χ3v) is 3.40. The number of hydrogen-bond acceptors (Lipinski definition) is 3. The molecule has 1 heterocycles. The molecular weight excluding hydrogens is 204 g/mol. The van der Waals surface area contributed by atoms with E-state index in [0.717, 1.165) is 38.6 Å². The third kappa shape index (κ3) is 3.16. The highest BCUT2D eigenvalue weighted by Crippen LogP contribution is 2.28. The molecule has 0 amide bonds. The summed E-state index contributed by atoms with van der Waals surface area (Å²) in [5.74, 6) is 0.418. The molecule has 2 atom stereocenters. The molecule has 1 fully saturated rings. The molecule has 3 heteroatoms. The Hall–Kier alpha value is -0.670. The molecule has 1 aliphatic heterocycles. The molecule has 90 valence electrons. The van der Waals surface area contributed by atoms with Crippen LogP contribution >= 0.6 is 0 Å². The largest absolute Gasteiger partial charge is 0.353 e. The summed E-state index contributed by atoms with van der Waals surface area (Å²) in [7, 11) is 0. The van der Waals surface area contributed by atoms with Crippen molar-refractivity contribution in [1.82, 2.24) is 0 Å². The van der Waals surface area contributed by atoms with Crippen LogP contribution in [0.1, 0.15) is 38.5 Å². The Labute approximate surface area is 96.8 Å². The number of aldehydes is 1. The number of allylic oxidation sites excluding steroid dienone is 1. The van der Waals surface area contributed by atoms with Gasteiger partial charge in [0.05, 0.1) is 6.61 Å². The topological polar surface area (TPSA) is 35.5 Å². The van der Waals surface area contributed by atoms with Gasteiger partial charge in [0.1, 0.15) is 6.29 Å². The summed E-state index contributed by atoms with van der Waals surface area (Å²) in [6, 6.07) is 0. The third-order valence-electron chi connectivity index (χ3n) is 3.40. The lowest BCUT2D eigenvalue weighted by atomic mass is 9.99. The van der Waals surface area contributed by atoms with Gasteiger partial charge in [0.2, 0.25) is 0 Å². The predicted molar refractivity (Wildman–Crippen MR) is 61.0 cm³/mol. The van der Waals surface area contributed by atoms with E-state index >= 15 is 0 Å². The first-order chi connectivity index (χ1) is 7.90. The molecular formula is C13H20O3. The Balaban J connectivity index is 1.73. The van der Waals surface area contributed by atoms with Crippen LogP contribution in [-0.4, -0.2) is 25.8 Å². The van der Waals surface area contributed by atoms with Gasteiger partial charge in [-0.3, -0.25) is 0 Å². The first-order valence-corrected chi connectivity index (χ1v) is 6.26. The van der Waals surface area contributed by atoms with Gasteiger partial charge in [0.15, 0.2) is 6.29 Å². The van der Waals surface area contributed by atoms with E-state index < -0.39 is 0 Å². The molecule has 2 unspecified atom stereocenters. The van der Waals surface area contributed by atoms with Crippen molar-refractivity contribution in [3.8, 4) is 0 Å². The highest BCUT2D eigenvalue weighted by Gasteiger charge is 2.21. The van der Waals surface area contributed by atoms with Gasteiger partial charge < -0.3 is 14.3 Å². The summed E-state index contributed by atoms with van der Waals surface area (Å²) in [5, 5.41) is 0. The zero-order valence-electron chi connectivity index (χ0n) is 9.69. The lowest BCUT2D eigenvalue weighted by Gasteiger charge is -2.23. The summed E-state index contributed by atoms with van der Waals surface area (Å²) in [6.45, 7) is 1.46. The van der Waals surface area contributed by atoms with Crippen molar-refractivity contribution >= 4 is 6.29 Å². The minimum absolute atomic E-state index is 0.0212. The molecule has 0 radical (unpaired) electrons. The highest BCUT2D eigenvalue weighted by molar-refractivity contribution is 5.51. The van der Waals surface area contributed by atoms with E-state index in [1.54, 1.807) is 0 Å². The lowest BCUT2D eigenvalue weighted by molar-refractivity contribution is -0.157. The van der Waals surface area contributed by atoms with E-state index in [1.807, 2.05) is 0 Å². The fourth-order valence-electron chi connectivity index (χ4n) is 2.42. The van der Waals surface area contributed by atoms with Crippen molar-refractivity contribution in [3.63, 3.8) is 0 Å². The maximum Gasteiger partial charge on any atom is 0.158 e. The van der Waals surface area contributed by atoms with Gasteiger partial charge in [-0.25, -0.2) is 0 Å². The minimum atomic E-state index is -0.0212. The molecule has 3 nitrogen and oxygen atoms in total. The summed E-state index contributed by atoms with van der Waals surface area (Å²) >= 11 is 0. The second kappa shape index (κ2) is 6.16. The number of carbonyl (C=O) groups is 1. The van der Waals surface area contributed by atoms with E-state index in [0.29, 0.717) is 18.9 Å². The Morgan fingerprint density at radius 3 is 3.12 bits per heavy atom. The molecule has 1 saturated heterocycles. The van der Waals surface area contributed by atoms with Gasteiger partial charge in [0, 0.05) is 13.0 Å². The van der Waals surface area contributed by atoms with E-state index in [-0.39, 0.29) is 6.29 Å². The normalized spacial score (nSPS) is 30.1. The lowest BCUT2D eigenvalue weighted by Crippen LogP contribution is -2.23. The number of rotatable bonds is 5. The fourth-order valence-corrected chi connectivity index (χ4v) is 2.42. The van der Waals surface area contributed by atoms with Crippen molar-refractivity contribution < 1.29 is 14.3 Å². The Bertz CT molecular complexity index is 254. The van der Waals surface area contributed by atoms with Gasteiger partial charge in [0.25, 0.3) is 0 Å². The second-order valence-electron chi connectivity index (χ2n) is 4.56. The Morgan fingerprint density at radius 2 is 2.38 bits per heavy atom. The monoisotopic (exact) mass is 224 g/mol. The van der Waals surface area contributed by atoms with Crippen LogP contribution < -0.4 is 0 Å². The van der Waals surface area contributed by atoms with Crippen LogP contribution in [0.2, 0.25) is 0 Å². The van der Waals surface area contributed by atoms with Crippen LogP contribution in [0.4, 0.5) is 0 Å². The summed E-state index contributed by atoms with van der Waals surface area (Å²) < 4.78 is 11.3. The maximum absolute atomic E-state index is 10.5. The molecule has 0 spiro atoms. The van der Waals surface area contributed by atoms with E-state index in [1.165, 1.54) is 12.0 Å². The SMILES string of the molecule is O=CCC1CCC=C1COC1CCCCO1. The van der Waals surface area contributed by atoms with Gasteiger partial charge in [-0.1, -0.05) is 6.08 Å². The molecule has 0 aromatic carbocycles. The Morgan fingerprint density at radius 1 is 1.44 bits per heavy atom. The standard InChI is InChI=1S/C13H20O3/c14-8-7-11-4-3-5-12(11)10-16-13-6-1-2-9-15-13/h5,8,11,13H,1-4,6-7,9-10H2. The Kier molecular flexibility index (Phi) is 4.55. The molecule has 0 N–H and O–H groups in total. The smallest absolute Gasteiger partial charge is 0.158 e. The van der Waals surface area contributed by atoms with Crippen LogP contribution in [0, 0.1) is 5.92 Å². The second-order valence-corrected chi connectivity index (χ2v) is 4.56. The average molecular weight is 224 g/mol. The van der Waals surface area contributed by atoms with Gasteiger partial charge >= 0.3 is 0 Å². The van der Waals surface area contributed by atoms with Crippen molar-refractivity contribution in [3.05, 3.63) is 11.6 Å². The average Bonchev–Trinajstić information content (AvgIpc) is 2.76. The van der Waals surface area contributed by atoms with Gasteiger partial charge in [-0.2, -0.15) is 0 Å². The van der Waals surface area contributed by atoms with Crippen molar-refractivity contribution in [2.24, 2.45) is 5.92 Å². The minimum Gasteiger partial charge on any atom is -0.353 e. The molecule has 16 heavy (non-hydrogen) atoms. The number of ether oxygens (including phenoxy) is 2. The zero-order valence-corrected chi connectivity index (χ0v) is 9.69. The van der Waals surface area contributed by atoms with Crippen molar-refractivity contribution in [2.45, 2.75) is 44.8 Å². The highest BCUT2D eigenvalue weighted by atomic mass is 16.7. The van der Waals surface area contributed by atoms with E-state index in [9.17, 15) is 4.79 Å². The van der Waals surface area contributed by atoms with Crippen molar-refractivity contribution in [1.29, 1.82) is 0 Å². The predicted octanol–water partition coefficient (Wildman–Crippen LogP) is 2.46. The van der Waals surface area contributed by atoms with Gasteiger partial charge in [-0.15, -0.1) is 0 Å². The molecule has 0 bridgehead atoms. The summed E-state index contributed by atoms with van der Waals surface area (Å²) in [4.78, 5) is 10.5.